The van der Waals surface area contributed by atoms with E-state index < -0.39 is 10.1 Å². The number of benzene rings is 1. The van der Waals surface area contributed by atoms with Crippen molar-refractivity contribution < 1.29 is 58.9 Å². The third kappa shape index (κ3) is 26.6. The van der Waals surface area contributed by atoms with E-state index in [2.05, 4.69) is 10.8 Å². The molecule has 1 rings (SSSR count). The number of hydrogen-bond donors (Lipinski definition) is 4. The van der Waals surface area contributed by atoms with Gasteiger partial charge in [0.15, 0.2) is 0 Å². The number of aliphatic hydroxyl groups excluding tert-OH is 3. The van der Waals surface area contributed by atoms with Crippen LogP contribution in [0.5, 0.6) is 0 Å². The fourth-order valence-electron chi connectivity index (χ4n) is 0.793. The SMILES string of the molecule is C=CCOS(=O)(=O)c1ccccc1.CCO.CCO.CCO.N.[H-].[Na+]. The topological polar surface area (TPSA) is 139 Å². The molecule has 0 aliphatic heterocycles. The Hall–Kier alpha value is -0.290. The van der Waals surface area contributed by atoms with Crippen molar-refractivity contribution in [3.63, 3.8) is 0 Å². The van der Waals surface area contributed by atoms with E-state index in [1.807, 2.05) is 0 Å². The Kier molecular flexibility index (Phi) is 40.1. The fraction of sp³-hybridized carbons (Fsp3) is 0.467. The second-order valence-corrected chi connectivity index (χ2v) is 4.90. The molecule has 9 heteroatoms. The largest absolute Gasteiger partial charge is 1.00 e. The summed E-state index contributed by atoms with van der Waals surface area (Å²) < 4.78 is 27.3. The van der Waals surface area contributed by atoms with Crippen molar-refractivity contribution in [2.45, 2.75) is 25.7 Å². The van der Waals surface area contributed by atoms with Crippen LogP contribution in [0.1, 0.15) is 22.2 Å². The Morgan fingerprint density at radius 1 is 1.04 bits per heavy atom. The van der Waals surface area contributed by atoms with Gasteiger partial charge in [0, 0.05) is 19.8 Å². The fourth-order valence-corrected chi connectivity index (χ4v) is 1.69. The second kappa shape index (κ2) is 27.6. The molecule has 0 aliphatic rings. The summed E-state index contributed by atoms with van der Waals surface area (Å²) in [6.07, 6.45) is 1.39. The van der Waals surface area contributed by atoms with Gasteiger partial charge in [-0.15, -0.1) is 6.58 Å². The normalized spacial score (nSPS) is 8.25. The molecule has 24 heavy (non-hydrogen) atoms. The molecule has 0 aromatic heterocycles. The van der Waals surface area contributed by atoms with Gasteiger partial charge in [0.2, 0.25) is 0 Å². The maximum Gasteiger partial charge on any atom is 1.00 e. The first kappa shape index (κ1) is 34.9. The van der Waals surface area contributed by atoms with Crippen molar-refractivity contribution in [2.75, 3.05) is 26.4 Å². The number of hydrogen-bond acceptors (Lipinski definition) is 7. The summed E-state index contributed by atoms with van der Waals surface area (Å²) in [5.41, 5.74) is 0. The van der Waals surface area contributed by atoms with Crippen LogP contribution in [0.3, 0.4) is 0 Å². The molecule has 0 unspecified atom stereocenters. The predicted molar refractivity (Wildman–Crippen MR) is 94.2 cm³/mol. The monoisotopic (exact) mass is 377 g/mol. The van der Waals surface area contributed by atoms with Crippen LogP contribution in [0.25, 0.3) is 0 Å². The summed E-state index contributed by atoms with van der Waals surface area (Å²) in [5, 5.41) is 22.7. The average molecular weight is 377 g/mol. The molecule has 0 saturated carbocycles. The molecule has 0 spiro atoms. The maximum atomic E-state index is 11.3. The Balaban J connectivity index is -0.0000000644. The van der Waals surface area contributed by atoms with Crippen LogP contribution in [0.2, 0.25) is 0 Å². The van der Waals surface area contributed by atoms with Gasteiger partial charge in [0.1, 0.15) is 0 Å². The van der Waals surface area contributed by atoms with Gasteiger partial charge < -0.3 is 22.9 Å². The van der Waals surface area contributed by atoms with Gasteiger partial charge in [-0.3, -0.25) is 4.18 Å². The van der Waals surface area contributed by atoms with E-state index in [1.165, 1.54) is 18.2 Å². The van der Waals surface area contributed by atoms with Crippen molar-refractivity contribution >= 4 is 10.1 Å². The molecule has 0 atom stereocenters. The van der Waals surface area contributed by atoms with Crippen LogP contribution in [0.4, 0.5) is 0 Å². The molecule has 0 bridgehead atoms. The van der Waals surface area contributed by atoms with Gasteiger partial charge in [0.05, 0.1) is 11.5 Å². The van der Waals surface area contributed by atoms with E-state index in [0.29, 0.717) is 0 Å². The summed E-state index contributed by atoms with van der Waals surface area (Å²) >= 11 is 0. The summed E-state index contributed by atoms with van der Waals surface area (Å²) in [4.78, 5) is 0.164. The van der Waals surface area contributed by atoms with E-state index in [4.69, 9.17) is 15.3 Å². The van der Waals surface area contributed by atoms with Crippen molar-refractivity contribution in [1.82, 2.24) is 6.15 Å². The maximum absolute atomic E-state index is 11.3. The first-order chi connectivity index (χ1) is 10.4. The first-order valence-corrected chi connectivity index (χ1v) is 8.20. The zero-order chi connectivity index (χ0) is 17.9. The molecule has 0 amide bonds. The van der Waals surface area contributed by atoms with E-state index >= 15 is 0 Å². The Morgan fingerprint density at radius 2 is 1.38 bits per heavy atom. The molecule has 1 aromatic carbocycles. The third-order valence-electron chi connectivity index (χ3n) is 1.37. The third-order valence-corrected chi connectivity index (χ3v) is 2.67. The summed E-state index contributed by atoms with van der Waals surface area (Å²) in [7, 11) is -3.59. The smallest absolute Gasteiger partial charge is 1.00 e. The van der Waals surface area contributed by atoms with Gasteiger partial charge in [0.25, 0.3) is 10.1 Å². The van der Waals surface area contributed by atoms with Gasteiger partial charge in [-0.25, -0.2) is 0 Å². The van der Waals surface area contributed by atoms with Crippen LogP contribution in [-0.4, -0.2) is 50.2 Å². The molecule has 6 N–H and O–H groups in total. The summed E-state index contributed by atoms with van der Waals surface area (Å²) in [5.74, 6) is 0. The minimum atomic E-state index is -3.59. The van der Waals surface area contributed by atoms with Gasteiger partial charge in [-0.05, 0) is 32.9 Å². The van der Waals surface area contributed by atoms with E-state index in [1.54, 1.807) is 39.0 Å². The molecule has 0 aliphatic carbocycles. The quantitative estimate of drug-likeness (QED) is 0.295. The molecule has 0 radical (unpaired) electrons. The van der Waals surface area contributed by atoms with Crippen molar-refractivity contribution in [3.8, 4) is 0 Å². The Morgan fingerprint density at radius 3 is 1.67 bits per heavy atom. The van der Waals surface area contributed by atoms with Gasteiger partial charge >= 0.3 is 29.6 Å². The molecule has 1 aromatic rings. The van der Waals surface area contributed by atoms with Crippen LogP contribution >= 0.6 is 0 Å². The Bertz CT molecular complexity index is 430. The van der Waals surface area contributed by atoms with Crippen LogP contribution < -0.4 is 35.7 Å². The minimum Gasteiger partial charge on any atom is -1.00 e. The molecule has 7 nitrogen and oxygen atoms in total. The van der Waals surface area contributed by atoms with Crippen molar-refractivity contribution in [1.29, 1.82) is 0 Å². The van der Waals surface area contributed by atoms with Crippen LogP contribution in [0, 0.1) is 0 Å². The van der Waals surface area contributed by atoms with Crippen molar-refractivity contribution in [3.05, 3.63) is 43.0 Å². The average Bonchev–Trinajstić information content (AvgIpc) is 2.49. The van der Waals surface area contributed by atoms with Crippen LogP contribution in [-0.2, 0) is 14.3 Å². The molecule has 0 fully saturated rings. The molecular formula is C15H32NNaO6S. The first-order valence-electron chi connectivity index (χ1n) is 6.79. The predicted octanol–water partition coefficient (Wildman–Crippen LogP) is -1.15. The minimum absolute atomic E-state index is 0. The summed E-state index contributed by atoms with van der Waals surface area (Å²) in [6.45, 7) is 9.16. The molecule has 140 valence electrons. The molecule has 0 saturated heterocycles. The molecule has 0 heterocycles. The zero-order valence-electron chi connectivity index (χ0n) is 16.2. The van der Waals surface area contributed by atoms with E-state index in [0.717, 1.165) is 0 Å². The Labute approximate surface area is 169 Å². The van der Waals surface area contributed by atoms with Crippen LogP contribution in [0.15, 0.2) is 47.9 Å². The van der Waals surface area contributed by atoms with Crippen molar-refractivity contribution in [2.24, 2.45) is 0 Å². The standard InChI is InChI=1S/C9H10O3S.3C2H6O.H3N.Na.H/c1-2-8-12-13(10,11)9-6-4-3-5-7-9;3*1-2-3;;;/h2-7H,1,8H2;3*3H,2H2,1H3;1H3;;/q;;;;;+1;-1. The summed E-state index contributed by atoms with van der Waals surface area (Å²) in [6, 6.07) is 8.00. The van der Waals surface area contributed by atoms with E-state index in [9.17, 15) is 8.42 Å². The van der Waals surface area contributed by atoms with Gasteiger partial charge in [-0.2, -0.15) is 8.42 Å². The second-order valence-electron chi connectivity index (χ2n) is 3.29. The zero-order valence-corrected chi connectivity index (χ0v) is 18.0. The van der Waals surface area contributed by atoms with Gasteiger partial charge in [-0.1, -0.05) is 24.3 Å². The molecular weight excluding hydrogens is 345 g/mol. The number of rotatable bonds is 4. The van der Waals surface area contributed by atoms with E-state index in [-0.39, 0.29) is 68.5 Å². The number of aliphatic hydroxyl groups is 3.